The van der Waals surface area contributed by atoms with E-state index >= 15 is 0 Å². The van der Waals surface area contributed by atoms with Gasteiger partial charge in [-0.05, 0) is 31.6 Å². The Bertz CT molecular complexity index is 614. The van der Waals surface area contributed by atoms with Crippen LogP contribution in [0.4, 0.5) is 0 Å². The summed E-state index contributed by atoms with van der Waals surface area (Å²) >= 11 is 3.78. The van der Waals surface area contributed by atoms with Gasteiger partial charge in [0, 0.05) is 29.4 Å². The van der Waals surface area contributed by atoms with E-state index in [4.69, 9.17) is 4.98 Å². The normalized spacial score (nSPS) is 26.5. The second kappa shape index (κ2) is 5.94. The molecule has 2 aromatic heterocycles. The van der Waals surface area contributed by atoms with Crippen LogP contribution in [0, 0.1) is 5.92 Å². The summed E-state index contributed by atoms with van der Waals surface area (Å²) in [6, 6.07) is 0.752. The van der Waals surface area contributed by atoms with Crippen molar-refractivity contribution in [3.8, 4) is 0 Å². The van der Waals surface area contributed by atoms with Gasteiger partial charge in [0.15, 0.2) is 4.96 Å². The minimum absolute atomic E-state index is 0.752. The molecule has 0 radical (unpaired) electrons. The Balaban J connectivity index is 1.54. The van der Waals surface area contributed by atoms with Crippen molar-refractivity contribution >= 4 is 28.1 Å². The fourth-order valence-electron chi connectivity index (χ4n) is 3.24. The van der Waals surface area contributed by atoms with Gasteiger partial charge in [0.2, 0.25) is 0 Å². The molecule has 2 heterocycles. The highest BCUT2D eigenvalue weighted by molar-refractivity contribution is 7.99. The van der Waals surface area contributed by atoms with Gasteiger partial charge in [-0.2, -0.15) is 0 Å². The SMILES string of the molecule is CC1CCCC(Sc2nc3sccn3c2CNC2CC2)C1. The van der Waals surface area contributed by atoms with Crippen LogP contribution >= 0.6 is 23.1 Å². The molecule has 2 saturated carbocycles. The number of hydrogen-bond donors (Lipinski definition) is 1. The minimum atomic E-state index is 0.752. The summed E-state index contributed by atoms with van der Waals surface area (Å²) in [5.74, 6) is 0.882. The zero-order valence-electron chi connectivity index (χ0n) is 12.5. The van der Waals surface area contributed by atoms with Gasteiger partial charge < -0.3 is 5.32 Å². The zero-order valence-corrected chi connectivity index (χ0v) is 14.2. The fraction of sp³-hybridized carbons (Fsp3) is 0.688. The van der Waals surface area contributed by atoms with Crippen molar-refractivity contribution in [2.75, 3.05) is 0 Å². The molecule has 2 aromatic rings. The molecule has 0 aromatic carbocycles. The lowest BCUT2D eigenvalue weighted by Crippen LogP contribution is -2.18. The molecule has 1 N–H and O–H groups in total. The van der Waals surface area contributed by atoms with Gasteiger partial charge in [-0.25, -0.2) is 4.98 Å². The van der Waals surface area contributed by atoms with Crippen molar-refractivity contribution in [3.63, 3.8) is 0 Å². The molecule has 0 saturated heterocycles. The van der Waals surface area contributed by atoms with Crippen molar-refractivity contribution in [1.29, 1.82) is 0 Å². The van der Waals surface area contributed by atoms with Crippen LogP contribution in [0.5, 0.6) is 0 Å². The van der Waals surface area contributed by atoms with Crippen LogP contribution in [0.25, 0.3) is 4.96 Å². The summed E-state index contributed by atoms with van der Waals surface area (Å²) in [6.45, 7) is 3.36. The summed E-state index contributed by atoms with van der Waals surface area (Å²) in [4.78, 5) is 6.04. The van der Waals surface area contributed by atoms with Gasteiger partial charge in [0.1, 0.15) is 5.03 Å². The first-order valence-corrected chi connectivity index (χ1v) is 9.90. The number of thioether (sulfide) groups is 1. The van der Waals surface area contributed by atoms with Crippen LogP contribution in [-0.4, -0.2) is 20.7 Å². The second-order valence-electron chi connectivity index (χ2n) is 6.59. The average molecular weight is 322 g/mol. The standard InChI is InChI=1S/C16H23N3S2/c1-11-3-2-4-13(9-11)21-15-14(10-17-12-5-6-12)19-7-8-20-16(19)18-15/h7-8,11-13,17H,2-6,9-10H2,1H3. The first-order chi connectivity index (χ1) is 10.3. The molecule has 2 aliphatic carbocycles. The van der Waals surface area contributed by atoms with Gasteiger partial charge in [-0.3, -0.25) is 4.40 Å². The number of thiazole rings is 1. The maximum atomic E-state index is 4.89. The largest absolute Gasteiger partial charge is 0.308 e. The Hall–Kier alpha value is -0.520. The lowest BCUT2D eigenvalue weighted by atomic mass is 9.91. The molecule has 0 spiro atoms. The molecule has 3 nitrogen and oxygen atoms in total. The molecule has 2 unspecified atom stereocenters. The topological polar surface area (TPSA) is 29.3 Å². The third-order valence-corrected chi connectivity index (χ3v) is 6.69. The smallest absolute Gasteiger partial charge is 0.194 e. The quantitative estimate of drug-likeness (QED) is 0.889. The first-order valence-electron chi connectivity index (χ1n) is 8.14. The fourth-order valence-corrected chi connectivity index (χ4v) is 5.50. The van der Waals surface area contributed by atoms with Crippen LogP contribution in [0.3, 0.4) is 0 Å². The van der Waals surface area contributed by atoms with E-state index in [1.807, 2.05) is 11.8 Å². The summed E-state index contributed by atoms with van der Waals surface area (Å²) in [6.07, 6.45) is 10.4. The molecule has 2 fully saturated rings. The van der Waals surface area contributed by atoms with E-state index in [9.17, 15) is 0 Å². The van der Waals surface area contributed by atoms with Gasteiger partial charge in [-0.15, -0.1) is 23.1 Å². The van der Waals surface area contributed by atoms with Crippen LogP contribution in [-0.2, 0) is 6.54 Å². The first kappa shape index (κ1) is 14.1. The van der Waals surface area contributed by atoms with E-state index in [1.165, 1.54) is 49.2 Å². The molecule has 2 aliphatic rings. The summed E-state index contributed by atoms with van der Waals surface area (Å²) in [7, 11) is 0. The predicted octanol–water partition coefficient (Wildman–Crippen LogP) is 4.32. The molecule has 0 bridgehead atoms. The van der Waals surface area contributed by atoms with E-state index in [-0.39, 0.29) is 0 Å². The van der Waals surface area contributed by atoms with Crippen molar-refractivity contribution in [1.82, 2.24) is 14.7 Å². The number of nitrogens with one attached hydrogen (secondary N) is 1. The van der Waals surface area contributed by atoms with Crippen LogP contribution < -0.4 is 5.32 Å². The molecule has 21 heavy (non-hydrogen) atoms. The van der Waals surface area contributed by atoms with Gasteiger partial charge in [-0.1, -0.05) is 19.8 Å². The summed E-state index contributed by atoms with van der Waals surface area (Å²) < 4.78 is 2.29. The second-order valence-corrected chi connectivity index (χ2v) is 8.75. The van der Waals surface area contributed by atoms with Crippen LogP contribution in [0.15, 0.2) is 16.6 Å². The molecular weight excluding hydrogens is 298 g/mol. The van der Waals surface area contributed by atoms with E-state index in [2.05, 4.69) is 28.2 Å². The van der Waals surface area contributed by atoms with E-state index in [1.54, 1.807) is 11.3 Å². The number of nitrogens with zero attached hydrogens (tertiary/aromatic N) is 2. The summed E-state index contributed by atoms with van der Waals surface area (Å²) in [5, 5.41) is 7.83. The maximum Gasteiger partial charge on any atom is 0.194 e. The van der Waals surface area contributed by atoms with Gasteiger partial charge >= 0.3 is 0 Å². The number of fused-ring (bicyclic) bond motifs is 1. The monoisotopic (exact) mass is 321 g/mol. The van der Waals surface area contributed by atoms with Crippen molar-refractivity contribution in [2.45, 2.75) is 68.3 Å². The van der Waals surface area contributed by atoms with Gasteiger partial charge in [0.05, 0.1) is 5.69 Å². The van der Waals surface area contributed by atoms with E-state index in [0.717, 1.165) is 28.7 Å². The predicted molar refractivity (Wildman–Crippen MR) is 90.2 cm³/mol. The lowest BCUT2D eigenvalue weighted by Gasteiger charge is -2.25. The van der Waals surface area contributed by atoms with Crippen molar-refractivity contribution < 1.29 is 0 Å². The van der Waals surface area contributed by atoms with E-state index in [0.29, 0.717) is 0 Å². The number of hydrogen-bond acceptors (Lipinski definition) is 4. The Kier molecular flexibility index (Phi) is 3.98. The van der Waals surface area contributed by atoms with Gasteiger partial charge in [0.25, 0.3) is 0 Å². The van der Waals surface area contributed by atoms with Crippen LogP contribution in [0.2, 0.25) is 0 Å². The molecule has 0 aliphatic heterocycles. The maximum absolute atomic E-state index is 4.89. The Morgan fingerprint density at radius 1 is 1.38 bits per heavy atom. The Morgan fingerprint density at radius 2 is 2.29 bits per heavy atom. The molecule has 0 amide bonds. The molecule has 5 heteroatoms. The van der Waals surface area contributed by atoms with E-state index < -0.39 is 0 Å². The third-order valence-electron chi connectivity index (χ3n) is 4.63. The highest BCUT2D eigenvalue weighted by atomic mass is 32.2. The lowest BCUT2D eigenvalue weighted by molar-refractivity contribution is 0.394. The Labute approximate surface area is 134 Å². The number of rotatable bonds is 5. The third kappa shape index (κ3) is 3.15. The molecule has 4 rings (SSSR count). The highest BCUT2D eigenvalue weighted by Crippen LogP contribution is 2.38. The molecular formula is C16H23N3S2. The highest BCUT2D eigenvalue weighted by Gasteiger charge is 2.25. The van der Waals surface area contributed by atoms with Crippen LogP contribution in [0.1, 0.15) is 51.1 Å². The average Bonchev–Trinajstić information content (AvgIpc) is 3.08. The number of aromatic nitrogens is 2. The summed E-state index contributed by atoms with van der Waals surface area (Å²) in [5.41, 5.74) is 1.38. The Morgan fingerprint density at radius 3 is 3.10 bits per heavy atom. The molecule has 114 valence electrons. The zero-order chi connectivity index (χ0) is 14.2. The molecule has 2 atom stereocenters. The van der Waals surface area contributed by atoms with Crippen molar-refractivity contribution in [2.24, 2.45) is 5.92 Å². The minimum Gasteiger partial charge on any atom is -0.308 e. The van der Waals surface area contributed by atoms with Crippen molar-refractivity contribution in [3.05, 3.63) is 17.3 Å². The number of imidazole rings is 1.